The molecule has 2 N–H and O–H groups in total. The summed E-state index contributed by atoms with van der Waals surface area (Å²) in [5, 5.41) is 21.7. The Morgan fingerprint density at radius 3 is 2.52 bits per heavy atom. The highest BCUT2D eigenvalue weighted by Crippen LogP contribution is 2.80. The SMILES string of the molecule is CC(C)[C@@H](C)/C=C/[C@@H](C)[C@H]1C[C@H](O)[C@@H]2[C@]1(C)CC[C@@]13O[C@@]21CC=C1C[C@@H](O)CC[C@@]13C. The molecule has 0 aromatic heterocycles. The van der Waals surface area contributed by atoms with E-state index in [4.69, 9.17) is 4.74 Å². The Morgan fingerprint density at radius 2 is 1.81 bits per heavy atom. The number of epoxide rings is 1. The van der Waals surface area contributed by atoms with Gasteiger partial charge in [0, 0.05) is 11.3 Å². The average molecular weight is 429 g/mol. The highest BCUT2D eigenvalue weighted by atomic mass is 16.6. The second-order valence-electron chi connectivity index (χ2n) is 12.7. The average Bonchev–Trinajstić information content (AvgIpc) is 3.33. The van der Waals surface area contributed by atoms with Gasteiger partial charge in [0.1, 0.15) is 11.2 Å². The fraction of sp³-hybridized carbons (Fsp3) is 0.857. The van der Waals surface area contributed by atoms with Crippen LogP contribution in [-0.2, 0) is 4.74 Å². The standard InChI is InChI=1S/C28H44O3/c1-17(2)18(3)7-8-19(4)22-16-23(30)24-25(22,5)13-14-28-26(6)11-10-21(29)15-20(26)9-12-27(24,28)31-28/h7-9,17-19,21-24,29-30H,10-16H2,1-6H3/b8-7+/t18-,19+,21-,22+,23-,24+,25+,26-,27-,28-/m0/s1. The minimum absolute atomic E-state index is 0.0296. The lowest BCUT2D eigenvalue weighted by atomic mass is 9.46. The first kappa shape index (κ1) is 22.2. The molecule has 1 saturated heterocycles. The van der Waals surface area contributed by atoms with Crippen molar-refractivity contribution in [2.24, 2.45) is 40.4 Å². The maximum atomic E-state index is 11.5. The van der Waals surface area contributed by atoms with Gasteiger partial charge in [-0.2, -0.15) is 0 Å². The third-order valence-electron chi connectivity index (χ3n) is 11.0. The van der Waals surface area contributed by atoms with Gasteiger partial charge in [0.25, 0.3) is 0 Å². The van der Waals surface area contributed by atoms with Crippen LogP contribution in [0.15, 0.2) is 23.8 Å². The third-order valence-corrected chi connectivity index (χ3v) is 11.0. The lowest BCUT2D eigenvalue weighted by Gasteiger charge is -2.54. The smallest absolute Gasteiger partial charge is 0.108 e. The normalized spacial score (nSPS) is 52.7. The van der Waals surface area contributed by atoms with E-state index in [9.17, 15) is 10.2 Å². The topological polar surface area (TPSA) is 53.0 Å². The molecule has 3 saturated carbocycles. The predicted octanol–water partition coefficient (Wildman–Crippen LogP) is 5.66. The van der Waals surface area contributed by atoms with E-state index in [1.54, 1.807) is 0 Å². The monoisotopic (exact) mass is 428 g/mol. The van der Waals surface area contributed by atoms with Gasteiger partial charge in [-0.1, -0.05) is 65.3 Å². The third kappa shape index (κ3) is 2.75. The number of ether oxygens (including phenoxy) is 1. The fourth-order valence-corrected chi connectivity index (χ4v) is 8.78. The molecule has 4 fully saturated rings. The van der Waals surface area contributed by atoms with Crippen molar-refractivity contribution in [2.45, 2.75) is 110 Å². The highest BCUT2D eigenvalue weighted by Gasteiger charge is 2.86. The van der Waals surface area contributed by atoms with E-state index in [1.165, 1.54) is 5.57 Å². The molecule has 0 unspecified atom stereocenters. The second kappa shape index (κ2) is 6.93. The molecule has 4 aliphatic carbocycles. The summed E-state index contributed by atoms with van der Waals surface area (Å²) in [6, 6.07) is 0. The maximum Gasteiger partial charge on any atom is 0.108 e. The zero-order valence-electron chi connectivity index (χ0n) is 20.5. The molecule has 0 bridgehead atoms. The molecule has 0 aromatic rings. The molecule has 1 aliphatic heterocycles. The number of fused-ring (bicyclic) bond motifs is 2. The van der Waals surface area contributed by atoms with Gasteiger partial charge >= 0.3 is 0 Å². The van der Waals surface area contributed by atoms with Crippen molar-refractivity contribution < 1.29 is 14.9 Å². The molecule has 174 valence electrons. The van der Waals surface area contributed by atoms with Crippen LogP contribution in [-0.4, -0.2) is 33.6 Å². The summed E-state index contributed by atoms with van der Waals surface area (Å²) in [6.07, 6.45) is 13.5. The molecule has 31 heavy (non-hydrogen) atoms. The number of aliphatic hydroxyl groups excluding tert-OH is 2. The molecule has 0 radical (unpaired) electrons. The first-order valence-corrected chi connectivity index (χ1v) is 12.9. The van der Waals surface area contributed by atoms with Crippen LogP contribution in [0.1, 0.15) is 86.5 Å². The number of rotatable bonds is 4. The molecular formula is C28H44O3. The van der Waals surface area contributed by atoms with Crippen molar-refractivity contribution in [1.29, 1.82) is 0 Å². The Labute approximate surface area is 189 Å². The van der Waals surface area contributed by atoms with Gasteiger partial charge in [-0.05, 0) is 74.0 Å². The summed E-state index contributed by atoms with van der Waals surface area (Å²) in [5.41, 5.74) is 1.27. The second-order valence-corrected chi connectivity index (χ2v) is 12.7. The molecule has 1 heterocycles. The molecule has 3 heteroatoms. The minimum Gasteiger partial charge on any atom is -0.393 e. The summed E-state index contributed by atoms with van der Waals surface area (Å²) < 4.78 is 6.92. The lowest BCUT2D eigenvalue weighted by Crippen LogP contribution is -2.58. The van der Waals surface area contributed by atoms with Gasteiger partial charge in [-0.3, -0.25) is 0 Å². The Balaban J connectivity index is 1.45. The van der Waals surface area contributed by atoms with Crippen LogP contribution in [0.25, 0.3) is 0 Å². The van der Waals surface area contributed by atoms with Crippen molar-refractivity contribution >= 4 is 0 Å². The van der Waals surface area contributed by atoms with Gasteiger partial charge in [0.15, 0.2) is 0 Å². The first-order chi connectivity index (χ1) is 14.5. The minimum atomic E-state index is -0.275. The van der Waals surface area contributed by atoms with Crippen LogP contribution in [0.5, 0.6) is 0 Å². The zero-order chi connectivity index (χ0) is 22.4. The summed E-state index contributed by atoms with van der Waals surface area (Å²) in [4.78, 5) is 0. The highest BCUT2D eigenvalue weighted by molar-refractivity contribution is 5.43. The van der Waals surface area contributed by atoms with Crippen LogP contribution in [0.4, 0.5) is 0 Å². The van der Waals surface area contributed by atoms with E-state index < -0.39 is 0 Å². The van der Waals surface area contributed by atoms with Crippen molar-refractivity contribution in [3.8, 4) is 0 Å². The molecule has 5 rings (SSSR count). The summed E-state index contributed by atoms with van der Waals surface area (Å²) in [5.74, 6) is 2.45. The van der Waals surface area contributed by atoms with E-state index in [1.807, 2.05) is 0 Å². The fourth-order valence-electron chi connectivity index (χ4n) is 8.78. The lowest BCUT2D eigenvalue weighted by molar-refractivity contribution is -0.0229. The van der Waals surface area contributed by atoms with Crippen molar-refractivity contribution in [2.75, 3.05) is 0 Å². The Bertz CT molecular complexity index is 800. The summed E-state index contributed by atoms with van der Waals surface area (Å²) in [6.45, 7) is 14.1. The molecule has 0 aromatic carbocycles. The largest absolute Gasteiger partial charge is 0.393 e. The van der Waals surface area contributed by atoms with Crippen LogP contribution in [0, 0.1) is 40.4 Å². The van der Waals surface area contributed by atoms with E-state index in [0.717, 1.165) is 44.9 Å². The van der Waals surface area contributed by atoms with E-state index in [2.05, 4.69) is 59.8 Å². The number of aliphatic hydroxyl groups is 2. The Morgan fingerprint density at radius 1 is 1.06 bits per heavy atom. The van der Waals surface area contributed by atoms with Crippen molar-refractivity contribution in [1.82, 2.24) is 0 Å². The molecule has 0 spiro atoms. The van der Waals surface area contributed by atoms with Crippen molar-refractivity contribution in [3.63, 3.8) is 0 Å². The summed E-state index contributed by atoms with van der Waals surface area (Å²) >= 11 is 0. The molecule has 5 aliphatic rings. The number of hydrogen-bond donors (Lipinski definition) is 2. The molecular weight excluding hydrogens is 384 g/mol. The van der Waals surface area contributed by atoms with E-state index in [0.29, 0.717) is 23.7 Å². The van der Waals surface area contributed by atoms with Crippen LogP contribution in [0.2, 0.25) is 0 Å². The Kier molecular flexibility index (Phi) is 4.96. The van der Waals surface area contributed by atoms with Gasteiger partial charge in [0.05, 0.1) is 12.2 Å². The van der Waals surface area contributed by atoms with Gasteiger partial charge in [-0.15, -0.1) is 0 Å². The van der Waals surface area contributed by atoms with Gasteiger partial charge < -0.3 is 14.9 Å². The van der Waals surface area contributed by atoms with E-state index in [-0.39, 0.29) is 40.2 Å². The first-order valence-electron chi connectivity index (χ1n) is 12.9. The molecule has 3 nitrogen and oxygen atoms in total. The Hall–Kier alpha value is -0.640. The van der Waals surface area contributed by atoms with Crippen LogP contribution >= 0.6 is 0 Å². The predicted molar refractivity (Wildman–Crippen MR) is 124 cm³/mol. The van der Waals surface area contributed by atoms with Gasteiger partial charge in [0.2, 0.25) is 0 Å². The zero-order valence-corrected chi connectivity index (χ0v) is 20.5. The molecule has 0 amide bonds. The van der Waals surface area contributed by atoms with Gasteiger partial charge in [-0.25, -0.2) is 0 Å². The van der Waals surface area contributed by atoms with Crippen LogP contribution in [0.3, 0.4) is 0 Å². The number of allylic oxidation sites excluding steroid dienone is 2. The van der Waals surface area contributed by atoms with Crippen LogP contribution < -0.4 is 0 Å². The number of hydrogen-bond acceptors (Lipinski definition) is 3. The van der Waals surface area contributed by atoms with Crippen molar-refractivity contribution in [3.05, 3.63) is 23.8 Å². The molecule has 10 atom stereocenters. The quantitative estimate of drug-likeness (QED) is 0.449. The maximum absolute atomic E-state index is 11.5. The van der Waals surface area contributed by atoms with E-state index >= 15 is 0 Å². The summed E-state index contributed by atoms with van der Waals surface area (Å²) in [7, 11) is 0.